The van der Waals surface area contributed by atoms with Crippen LogP contribution in [0.2, 0.25) is 0 Å². The van der Waals surface area contributed by atoms with E-state index in [9.17, 15) is 9.59 Å². The summed E-state index contributed by atoms with van der Waals surface area (Å²) in [6.07, 6.45) is 5.85. The molecule has 2 heterocycles. The number of hydrogen-bond acceptors (Lipinski definition) is 5. The molecule has 2 aromatic rings. The van der Waals surface area contributed by atoms with Gasteiger partial charge in [0.2, 0.25) is 11.8 Å². The number of anilines is 1. The quantitative estimate of drug-likeness (QED) is 0.813. The number of nitrogens with zero attached hydrogens (tertiary/aromatic N) is 2. The van der Waals surface area contributed by atoms with Gasteiger partial charge in [0.1, 0.15) is 0 Å². The van der Waals surface area contributed by atoms with Gasteiger partial charge in [0.25, 0.3) is 0 Å². The molecule has 1 aliphatic heterocycles. The lowest BCUT2D eigenvalue weighted by atomic mass is 9.98. The highest BCUT2D eigenvalue weighted by Crippen LogP contribution is 2.31. The highest BCUT2D eigenvalue weighted by atomic mass is 32.1. The summed E-state index contributed by atoms with van der Waals surface area (Å²) in [6, 6.07) is 8.10. The molecule has 26 heavy (non-hydrogen) atoms. The van der Waals surface area contributed by atoms with Crippen molar-refractivity contribution < 1.29 is 9.59 Å². The molecular weight excluding hydrogens is 348 g/mol. The summed E-state index contributed by atoms with van der Waals surface area (Å²) in [4.78, 5) is 31.5. The third kappa shape index (κ3) is 3.67. The van der Waals surface area contributed by atoms with Crippen molar-refractivity contribution in [3.05, 3.63) is 24.3 Å². The number of para-hydroxylation sites is 1. The molecule has 1 aromatic heterocycles. The van der Waals surface area contributed by atoms with Crippen molar-refractivity contribution in [1.29, 1.82) is 0 Å². The van der Waals surface area contributed by atoms with Crippen molar-refractivity contribution >= 4 is 38.5 Å². The van der Waals surface area contributed by atoms with Gasteiger partial charge in [-0.2, -0.15) is 0 Å². The highest BCUT2D eigenvalue weighted by Gasteiger charge is 2.29. The van der Waals surface area contributed by atoms with E-state index >= 15 is 0 Å². The average molecular weight is 372 g/mol. The summed E-state index contributed by atoms with van der Waals surface area (Å²) >= 11 is 1.67. The van der Waals surface area contributed by atoms with E-state index in [1.807, 2.05) is 18.2 Å². The van der Waals surface area contributed by atoms with Crippen LogP contribution in [0, 0.1) is 11.8 Å². The third-order valence-electron chi connectivity index (χ3n) is 5.38. The number of piperidine rings is 1. The van der Waals surface area contributed by atoms with Crippen LogP contribution in [0.5, 0.6) is 0 Å². The summed E-state index contributed by atoms with van der Waals surface area (Å²) in [5.74, 6) is -0.211. The molecule has 1 atom stereocenters. The number of carbonyl (C=O) groups is 2. The summed E-state index contributed by atoms with van der Waals surface area (Å²) in [6.45, 7) is 1.56. The van der Waals surface area contributed by atoms with Crippen LogP contribution >= 0.6 is 11.3 Å². The third-order valence-corrected chi connectivity index (χ3v) is 6.48. The van der Waals surface area contributed by atoms with Crippen molar-refractivity contribution in [1.82, 2.24) is 15.8 Å². The molecule has 0 radical (unpaired) electrons. The molecule has 2 N–H and O–H groups in total. The normalized spacial score (nSPS) is 21.1. The predicted molar refractivity (Wildman–Crippen MR) is 103 cm³/mol. The molecule has 1 aromatic carbocycles. The van der Waals surface area contributed by atoms with E-state index in [1.54, 1.807) is 11.3 Å². The van der Waals surface area contributed by atoms with E-state index in [0.29, 0.717) is 6.54 Å². The highest BCUT2D eigenvalue weighted by molar-refractivity contribution is 7.22. The van der Waals surface area contributed by atoms with Gasteiger partial charge < -0.3 is 4.90 Å². The molecule has 2 fully saturated rings. The minimum atomic E-state index is -0.125. The van der Waals surface area contributed by atoms with Gasteiger partial charge in [-0.1, -0.05) is 36.3 Å². The lowest BCUT2D eigenvalue weighted by molar-refractivity contribution is -0.133. The first-order valence-corrected chi connectivity index (χ1v) is 10.2. The molecule has 1 aliphatic carbocycles. The van der Waals surface area contributed by atoms with Crippen molar-refractivity contribution in [3.63, 3.8) is 0 Å². The van der Waals surface area contributed by atoms with Crippen molar-refractivity contribution in [2.75, 3.05) is 18.0 Å². The Labute approximate surface area is 156 Å². The second kappa shape index (κ2) is 7.61. The van der Waals surface area contributed by atoms with Crippen LogP contribution in [-0.4, -0.2) is 29.9 Å². The number of thiazole rings is 1. The van der Waals surface area contributed by atoms with E-state index < -0.39 is 0 Å². The maximum Gasteiger partial charge on any atom is 0.243 e. The van der Waals surface area contributed by atoms with Crippen molar-refractivity contribution in [3.8, 4) is 0 Å². The number of nitrogens with one attached hydrogen (secondary N) is 2. The van der Waals surface area contributed by atoms with Gasteiger partial charge in [0.05, 0.1) is 16.1 Å². The number of benzene rings is 1. The summed E-state index contributed by atoms with van der Waals surface area (Å²) in [5.41, 5.74) is 6.28. The van der Waals surface area contributed by atoms with Gasteiger partial charge in [0, 0.05) is 19.0 Å². The van der Waals surface area contributed by atoms with Crippen LogP contribution in [0.15, 0.2) is 24.3 Å². The Morgan fingerprint density at radius 3 is 2.46 bits per heavy atom. The van der Waals surface area contributed by atoms with Crippen LogP contribution in [0.1, 0.15) is 38.5 Å². The molecule has 4 rings (SSSR count). The van der Waals surface area contributed by atoms with Crippen molar-refractivity contribution in [2.24, 2.45) is 11.8 Å². The second-order valence-electron chi connectivity index (χ2n) is 7.21. The molecule has 0 spiro atoms. The number of aromatic nitrogens is 1. The molecule has 1 unspecified atom stereocenters. The minimum absolute atomic E-state index is 0.0466. The molecular formula is C19H24N4O2S. The summed E-state index contributed by atoms with van der Waals surface area (Å²) < 4.78 is 1.16. The maximum absolute atomic E-state index is 12.5. The lowest BCUT2D eigenvalue weighted by Gasteiger charge is -2.31. The summed E-state index contributed by atoms with van der Waals surface area (Å²) in [5, 5.41) is 0.971. The van der Waals surface area contributed by atoms with Gasteiger partial charge in [-0.05, 0) is 37.8 Å². The molecule has 0 bridgehead atoms. The fourth-order valence-electron chi connectivity index (χ4n) is 3.88. The first kappa shape index (κ1) is 17.3. The smallest absolute Gasteiger partial charge is 0.243 e. The van der Waals surface area contributed by atoms with E-state index in [4.69, 9.17) is 4.98 Å². The minimum Gasteiger partial charge on any atom is -0.347 e. The van der Waals surface area contributed by atoms with Gasteiger partial charge in [-0.3, -0.25) is 20.4 Å². The molecule has 1 saturated carbocycles. The zero-order chi connectivity index (χ0) is 17.9. The maximum atomic E-state index is 12.5. The average Bonchev–Trinajstić information content (AvgIpc) is 3.35. The molecule has 2 amide bonds. The summed E-state index contributed by atoms with van der Waals surface area (Å²) in [7, 11) is 0. The van der Waals surface area contributed by atoms with Crippen LogP contribution < -0.4 is 15.8 Å². The van der Waals surface area contributed by atoms with Gasteiger partial charge in [-0.15, -0.1) is 0 Å². The zero-order valence-corrected chi connectivity index (χ0v) is 15.6. The SMILES string of the molecule is O=C(NNC(=O)C1CCCN(c2nc3ccccc3s2)C1)C1CCCC1. The monoisotopic (exact) mass is 372 g/mol. The van der Waals surface area contributed by atoms with Crippen molar-refractivity contribution in [2.45, 2.75) is 38.5 Å². The molecule has 138 valence electrons. The number of rotatable bonds is 3. The zero-order valence-electron chi connectivity index (χ0n) is 14.7. The Morgan fingerprint density at radius 1 is 1.00 bits per heavy atom. The molecule has 1 saturated heterocycles. The number of hydrazine groups is 1. The molecule has 7 heteroatoms. The van der Waals surface area contributed by atoms with Crippen LogP contribution in [0.25, 0.3) is 10.2 Å². The number of hydrogen-bond donors (Lipinski definition) is 2. The topological polar surface area (TPSA) is 74.3 Å². The molecule has 6 nitrogen and oxygen atoms in total. The Morgan fingerprint density at radius 2 is 1.69 bits per heavy atom. The van der Waals surface area contributed by atoms with Gasteiger partial charge in [0.15, 0.2) is 5.13 Å². The predicted octanol–water partition coefficient (Wildman–Crippen LogP) is 2.85. The first-order valence-electron chi connectivity index (χ1n) is 9.41. The van der Waals surface area contributed by atoms with E-state index in [0.717, 1.165) is 60.4 Å². The van der Waals surface area contributed by atoms with Gasteiger partial charge in [-0.25, -0.2) is 4.98 Å². The Hall–Kier alpha value is -2.15. The van der Waals surface area contributed by atoms with Crippen LogP contribution in [-0.2, 0) is 9.59 Å². The lowest BCUT2D eigenvalue weighted by Crippen LogP contribution is -2.50. The number of amides is 2. The number of carbonyl (C=O) groups excluding carboxylic acids is 2. The fraction of sp³-hybridized carbons (Fsp3) is 0.526. The standard InChI is InChI=1S/C19H24N4O2S/c24-17(13-6-1-2-7-13)21-22-18(25)14-8-5-11-23(12-14)19-20-15-9-3-4-10-16(15)26-19/h3-4,9-10,13-14H,1-2,5-8,11-12H2,(H,21,24)(H,22,25). The molecule has 2 aliphatic rings. The Balaban J connectivity index is 1.35. The van der Waals surface area contributed by atoms with E-state index in [1.165, 1.54) is 0 Å². The first-order chi connectivity index (χ1) is 12.7. The van der Waals surface area contributed by atoms with Gasteiger partial charge >= 0.3 is 0 Å². The largest absolute Gasteiger partial charge is 0.347 e. The Bertz CT molecular complexity index is 767. The Kier molecular flexibility index (Phi) is 5.06. The van der Waals surface area contributed by atoms with E-state index in [-0.39, 0.29) is 23.7 Å². The fourth-order valence-corrected chi connectivity index (χ4v) is 4.88. The second-order valence-corrected chi connectivity index (χ2v) is 8.22. The van der Waals surface area contributed by atoms with Crippen LogP contribution in [0.3, 0.4) is 0 Å². The number of fused-ring (bicyclic) bond motifs is 1. The van der Waals surface area contributed by atoms with Crippen LogP contribution in [0.4, 0.5) is 5.13 Å². The van der Waals surface area contributed by atoms with E-state index in [2.05, 4.69) is 21.8 Å².